The van der Waals surface area contributed by atoms with Gasteiger partial charge in [0, 0.05) is 18.3 Å². The SMILES string of the molecule is Cc1cnn([C@H]2[C@H](O)C[C@@H]2NC(C)c2ccc(-n3cncn3)cc2)c1. The van der Waals surface area contributed by atoms with Crippen molar-refractivity contribution in [2.24, 2.45) is 0 Å². The Morgan fingerprint density at radius 1 is 1.24 bits per heavy atom. The van der Waals surface area contributed by atoms with E-state index in [2.05, 4.69) is 39.6 Å². The molecular formula is C18H22N6O. The van der Waals surface area contributed by atoms with Crippen molar-refractivity contribution in [1.82, 2.24) is 29.9 Å². The molecule has 7 nitrogen and oxygen atoms in total. The van der Waals surface area contributed by atoms with Crippen molar-refractivity contribution in [2.75, 3.05) is 0 Å². The Labute approximate surface area is 146 Å². The zero-order valence-electron chi connectivity index (χ0n) is 14.3. The van der Waals surface area contributed by atoms with E-state index >= 15 is 0 Å². The Bertz CT molecular complexity index is 826. The van der Waals surface area contributed by atoms with Crippen LogP contribution < -0.4 is 5.32 Å². The highest BCUT2D eigenvalue weighted by Crippen LogP contribution is 2.34. The van der Waals surface area contributed by atoms with Crippen molar-refractivity contribution < 1.29 is 5.11 Å². The Balaban J connectivity index is 1.44. The Hall–Kier alpha value is -2.51. The van der Waals surface area contributed by atoms with Gasteiger partial charge in [0.15, 0.2) is 0 Å². The number of aliphatic hydroxyl groups is 1. The molecule has 1 aliphatic carbocycles. The van der Waals surface area contributed by atoms with E-state index in [0.717, 1.165) is 17.7 Å². The summed E-state index contributed by atoms with van der Waals surface area (Å²) in [5, 5.41) is 22.3. The first-order valence-electron chi connectivity index (χ1n) is 8.51. The molecule has 0 bridgehead atoms. The minimum atomic E-state index is -0.348. The van der Waals surface area contributed by atoms with Crippen molar-refractivity contribution in [3.63, 3.8) is 0 Å². The average molecular weight is 338 g/mol. The minimum Gasteiger partial charge on any atom is -0.391 e. The Morgan fingerprint density at radius 2 is 2.04 bits per heavy atom. The van der Waals surface area contributed by atoms with E-state index in [0.29, 0.717) is 0 Å². The van der Waals surface area contributed by atoms with Crippen LogP contribution in [-0.4, -0.2) is 41.8 Å². The second kappa shape index (κ2) is 6.42. The minimum absolute atomic E-state index is 0.00873. The van der Waals surface area contributed by atoms with E-state index in [1.807, 2.05) is 36.1 Å². The summed E-state index contributed by atoms with van der Waals surface area (Å²) < 4.78 is 3.61. The molecule has 0 aliphatic heterocycles. The molecule has 1 fully saturated rings. The summed E-state index contributed by atoms with van der Waals surface area (Å²) in [4.78, 5) is 3.97. The van der Waals surface area contributed by atoms with Crippen LogP contribution >= 0.6 is 0 Å². The third-order valence-electron chi connectivity index (χ3n) is 4.88. The van der Waals surface area contributed by atoms with Gasteiger partial charge in [0.1, 0.15) is 12.7 Å². The fourth-order valence-electron chi connectivity index (χ4n) is 3.41. The first-order chi connectivity index (χ1) is 12.1. The fourth-order valence-corrected chi connectivity index (χ4v) is 3.41. The van der Waals surface area contributed by atoms with Crippen LogP contribution in [0.4, 0.5) is 0 Å². The van der Waals surface area contributed by atoms with Crippen LogP contribution in [0.3, 0.4) is 0 Å². The lowest BCUT2D eigenvalue weighted by Crippen LogP contribution is -2.55. The number of nitrogens with zero attached hydrogens (tertiary/aromatic N) is 5. The molecule has 0 radical (unpaired) electrons. The number of hydrogen-bond acceptors (Lipinski definition) is 5. The number of nitrogens with one attached hydrogen (secondary N) is 1. The maximum atomic E-state index is 10.1. The molecule has 4 rings (SSSR count). The molecule has 0 amide bonds. The second-order valence-corrected chi connectivity index (χ2v) is 6.72. The van der Waals surface area contributed by atoms with Gasteiger partial charge in [0.2, 0.25) is 0 Å². The summed E-state index contributed by atoms with van der Waals surface area (Å²) in [5.74, 6) is 0. The lowest BCUT2D eigenvalue weighted by Gasteiger charge is -2.43. The molecule has 130 valence electrons. The van der Waals surface area contributed by atoms with E-state index in [-0.39, 0.29) is 24.2 Å². The number of rotatable bonds is 5. The predicted octanol–water partition coefficient (Wildman–Crippen LogP) is 1.80. The van der Waals surface area contributed by atoms with Crippen LogP contribution in [0.5, 0.6) is 0 Å². The van der Waals surface area contributed by atoms with Gasteiger partial charge in [-0.3, -0.25) is 4.68 Å². The molecule has 1 saturated carbocycles. The van der Waals surface area contributed by atoms with Crippen LogP contribution in [-0.2, 0) is 0 Å². The van der Waals surface area contributed by atoms with Crippen molar-refractivity contribution in [3.8, 4) is 5.69 Å². The number of hydrogen-bond donors (Lipinski definition) is 2. The quantitative estimate of drug-likeness (QED) is 0.741. The Morgan fingerprint density at radius 3 is 2.64 bits per heavy atom. The standard InChI is InChI=1S/C18H22N6O/c1-12-8-20-23(9-12)18-16(7-17(18)25)22-13(2)14-3-5-15(6-4-14)24-11-19-10-21-24/h3-6,8-11,13,16-18,22,25H,7H2,1-2H3/t13?,16-,17+,18+/m0/s1. The molecule has 3 aromatic rings. The van der Waals surface area contributed by atoms with Crippen LogP contribution in [0.15, 0.2) is 49.3 Å². The first-order valence-corrected chi connectivity index (χ1v) is 8.51. The molecule has 0 saturated heterocycles. The number of aromatic nitrogens is 5. The molecular weight excluding hydrogens is 316 g/mol. The van der Waals surface area contributed by atoms with Gasteiger partial charge in [-0.1, -0.05) is 12.1 Å². The average Bonchev–Trinajstić information content (AvgIpc) is 3.26. The largest absolute Gasteiger partial charge is 0.391 e. The maximum absolute atomic E-state index is 10.1. The van der Waals surface area contributed by atoms with Crippen molar-refractivity contribution in [1.29, 1.82) is 0 Å². The van der Waals surface area contributed by atoms with E-state index in [1.54, 1.807) is 11.0 Å². The van der Waals surface area contributed by atoms with Crippen LogP contribution in [0, 0.1) is 6.92 Å². The van der Waals surface area contributed by atoms with Gasteiger partial charge < -0.3 is 10.4 Å². The number of aliphatic hydroxyl groups excluding tert-OH is 1. The molecule has 4 atom stereocenters. The van der Waals surface area contributed by atoms with Gasteiger partial charge in [-0.2, -0.15) is 10.2 Å². The highest BCUT2D eigenvalue weighted by molar-refractivity contribution is 5.34. The van der Waals surface area contributed by atoms with Gasteiger partial charge in [-0.05, 0) is 43.5 Å². The van der Waals surface area contributed by atoms with E-state index in [9.17, 15) is 5.11 Å². The van der Waals surface area contributed by atoms with Gasteiger partial charge in [0.05, 0.1) is 24.0 Å². The number of aryl methyl sites for hydroxylation is 1. The smallest absolute Gasteiger partial charge is 0.138 e. The van der Waals surface area contributed by atoms with E-state index in [4.69, 9.17) is 0 Å². The summed E-state index contributed by atoms with van der Waals surface area (Å²) in [5.41, 5.74) is 3.28. The van der Waals surface area contributed by atoms with Gasteiger partial charge in [-0.25, -0.2) is 9.67 Å². The Kier molecular flexibility index (Phi) is 4.10. The van der Waals surface area contributed by atoms with Crippen LogP contribution in [0.2, 0.25) is 0 Å². The molecule has 1 aliphatic rings. The molecule has 0 spiro atoms. The van der Waals surface area contributed by atoms with Crippen LogP contribution in [0.1, 0.15) is 36.6 Å². The highest BCUT2D eigenvalue weighted by Gasteiger charge is 2.42. The van der Waals surface area contributed by atoms with Crippen LogP contribution in [0.25, 0.3) is 5.69 Å². The molecule has 1 aromatic carbocycles. The molecule has 2 heterocycles. The molecule has 2 N–H and O–H groups in total. The number of benzene rings is 1. The molecule has 25 heavy (non-hydrogen) atoms. The monoisotopic (exact) mass is 338 g/mol. The lowest BCUT2D eigenvalue weighted by atomic mass is 9.82. The predicted molar refractivity (Wildman–Crippen MR) is 93.3 cm³/mol. The van der Waals surface area contributed by atoms with Crippen molar-refractivity contribution in [3.05, 3.63) is 60.4 Å². The molecule has 7 heteroatoms. The van der Waals surface area contributed by atoms with Gasteiger partial charge in [0.25, 0.3) is 0 Å². The maximum Gasteiger partial charge on any atom is 0.138 e. The second-order valence-electron chi connectivity index (χ2n) is 6.72. The van der Waals surface area contributed by atoms with Gasteiger partial charge in [-0.15, -0.1) is 0 Å². The zero-order chi connectivity index (χ0) is 17.4. The first kappa shape index (κ1) is 16.0. The summed E-state index contributed by atoms with van der Waals surface area (Å²) in [6.45, 7) is 4.15. The molecule has 1 unspecified atom stereocenters. The van der Waals surface area contributed by atoms with E-state index in [1.165, 1.54) is 11.9 Å². The lowest BCUT2D eigenvalue weighted by molar-refractivity contribution is -0.0111. The van der Waals surface area contributed by atoms with Gasteiger partial charge >= 0.3 is 0 Å². The summed E-state index contributed by atoms with van der Waals surface area (Å²) >= 11 is 0. The third kappa shape index (κ3) is 3.08. The zero-order valence-corrected chi connectivity index (χ0v) is 14.3. The normalized spacial score (nSPS) is 24.0. The van der Waals surface area contributed by atoms with E-state index < -0.39 is 0 Å². The highest BCUT2D eigenvalue weighted by atomic mass is 16.3. The molecule has 2 aromatic heterocycles. The summed E-state index contributed by atoms with van der Waals surface area (Å²) in [6, 6.07) is 8.64. The van der Waals surface area contributed by atoms with Crippen molar-refractivity contribution in [2.45, 2.75) is 44.5 Å². The topological polar surface area (TPSA) is 80.8 Å². The summed E-state index contributed by atoms with van der Waals surface area (Å²) in [7, 11) is 0. The fraction of sp³-hybridized carbons (Fsp3) is 0.389. The third-order valence-corrected chi connectivity index (χ3v) is 4.88. The summed E-state index contributed by atoms with van der Waals surface area (Å²) in [6.07, 6.45) is 7.41. The van der Waals surface area contributed by atoms with Crippen molar-refractivity contribution >= 4 is 0 Å².